The first-order chi connectivity index (χ1) is 20.8. The van der Waals surface area contributed by atoms with Crippen LogP contribution in [0.3, 0.4) is 0 Å². The van der Waals surface area contributed by atoms with Crippen LogP contribution in [0.4, 0.5) is 4.39 Å². The molecule has 0 unspecified atom stereocenters. The van der Waals surface area contributed by atoms with Gasteiger partial charge in [-0.25, -0.2) is 4.39 Å². The van der Waals surface area contributed by atoms with Gasteiger partial charge in [0, 0.05) is 30.5 Å². The summed E-state index contributed by atoms with van der Waals surface area (Å²) in [5.74, 6) is -2.36. The number of benzene rings is 2. The van der Waals surface area contributed by atoms with Crippen LogP contribution in [0, 0.1) is 11.2 Å². The molecular weight excluding hydrogens is 655 g/mol. The number of carbonyl (C=O) groups excluding carboxylic acids is 1. The molecule has 11 nitrogen and oxygen atoms in total. The minimum atomic E-state index is -0.967. The van der Waals surface area contributed by atoms with Crippen molar-refractivity contribution < 1.29 is 47.9 Å². The number of aliphatic carboxylic acids is 2. The van der Waals surface area contributed by atoms with E-state index in [0.29, 0.717) is 23.5 Å². The molecule has 45 heavy (non-hydrogen) atoms. The van der Waals surface area contributed by atoms with Gasteiger partial charge in [0.25, 0.3) is 0 Å². The summed E-state index contributed by atoms with van der Waals surface area (Å²) in [6.45, 7) is 9.83. The van der Waals surface area contributed by atoms with Gasteiger partial charge in [0.05, 0.1) is 38.5 Å². The first-order valence-electron chi connectivity index (χ1n) is 14.6. The van der Waals surface area contributed by atoms with E-state index in [0.717, 1.165) is 0 Å². The van der Waals surface area contributed by atoms with Crippen LogP contribution in [-0.4, -0.2) is 71.6 Å². The lowest BCUT2D eigenvalue weighted by atomic mass is 9.84. The quantitative estimate of drug-likeness (QED) is 0.132. The average Bonchev–Trinajstić information content (AvgIpc) is 3.25. The zero-order valence-corrected chi connectivity index (χ0v) is 28.0. The van der Waals surface area contributed by atoms with E-state index in [-0.39, 0.29) is 116 Å². The zero-order valence-electron chi connectivity index (χ0n) is 26.3. The molecule has 0 bridgehead atoms. The molecule has 2 aromatic carbocycles. The topological polar surface area (TPSA) is 156 Å². The normalized spacial score (nSPS) is 12.3. The van der Waals surface area contributed by atoms with E-state index in [1.54, 1.807) is 26.0 Å². The molecule has 0 saturated heterocycles. The Labute approximate surface area is 272 Å². The Bertz CT molecular complexity index is 1410. The number of fused-ring (bicyclic) bond motifs is 1. The fourth-order valence-electron chi connectivity index (χ4n) is 4.80. The summed E-state index contributed by atoms with van der Waals surface area (Å²) >= 11 is 0. The number of hydrogen-bond acceptors (Lipinski definition) is 8. The van der Waals surface area contributed by atoms with Gasteiger partial charge < -0.3 is 34.1 Å². The number of carboxylic acid groups (broad SMARTS) is 2. The maximum absolute atomic E-state index is 15.5. The van der Waals surface area contributed by atoms with Crippen molar-refractivity contribution in [1.29, 1.82) is 5.41 Å². The van der Waals surface area contributed by atoms with E-state index in [1.807, 2.05) is 20.8 Å². The van der Waals surface area contributed by atoms with Gasteiger partial charge in [-0.2, -0.15) is 0 Å². The summed E-state index contributed by atoms with van der Waals surface area (Å²) in [5.41, 5.74) is 0.960. The van der Waals surface area contributed by atoms with Crippen molar-refractivity contribution in [2.45, 2.75) is 72.3 Å². The minimum Gasteiger partial charge on any atom is -0.490 e. The molecule has 2 aromatic rings. The number of nitrogens with one attached hydrogen (secondary N) is 1. The summed E-state index contributed by atoms with van der Waals surface area (Å²) in [6, 6.07) is 4.84. The van der Waals surface area contributed by atoms with Crippen LogP contribution >= 0.6 is 17.0 Å². The Morgan fingerprint density at radius 1 is 0.889 bits per heavy atom. The second-order valence-electron chi connectivity index (χ2n) is 11.3. The molecule has 0 fully saturated rings. The molecule has 0 aromatic heterocycles. The van der Waals surface area contributed by atoms with Gasteiger partial charge in [-0.3, -0.25) is 19.8 Å². The fraction of sp³-hybridized carbons (Fsp3) is 0.500. The Hall–Kier alpha value is -3.87. The predicted octanol–water partition coefficient (Wildman–Crippen LogP) is 6.01. The van der Waals surface area contributed by atoms with Crippen LogP contribution in [0.25, 0.3) is 0 Å². The van der Waals surface area contributed by atoms with Crippen molar-refractivity contribution in [3.63, 3.8) is 0 Å². The van der Waals surface area contributed by atoms with E-state index in [1.165, 1.54) is 11.0 Å². The molecule has 0 radical (unpaired) electrons. The maximum Gasteiger partial charge on any atom is 0.303 e. The lowest BCUT2D eigenvalue weighted by Gasteiger charge is -2.26. The first-order valence-corrected chi connectivity index (χ1v) is 14.6. The van der Waals surface area contributed by atoms with Gasteiger partial charge in [0.2, 0.25) is 0 Å². The lowest BCUT2D eigenvalue weighted by molar-refractivity contribution is -0.138. The summed E-state index contributed by atoms with van der Waals surface area (Å²) in [6.07, 6.45) is 0.282. The monoisotopic (exact) mass is 696 g/mol. The third-order valence-electron chi connectivity index (χ3n) is 6.87. The second-order valence-corrected chi connectivity index (χ2v) is 11.3. The van der Waals surface area contributed by atoms with E-state index in [9.17, 15) is 14.4 Å². The third kappa shape index (κ3) is 9.56. The summed E-state index contributed by atoms with van der Waals surface area (Å²) in [7, 11) is 0. The van der Waals surface area contributed by atoms with Crippen molar-refractivity contribution in [3.05, 3.63) is 46.3 Å². The van der Waals surface area contributed by atoms with Crippen LogP contribution in [0.5, 0.6) is 23.0 Å². The summed E-state index contributed by atoms with van der Waals surface area (Å²) in [4.78, 5) is 37.2. The second kappa shape index (κ2) is 16.4. The van der Waals surface area contributed by atoms with E-state index < -0.39 is 23.2 Å². The molecular formula is C32H42BrFN2O9. The lowest BCUT2D eigenvalue weighted by Crippen LogP contribution is -2.30. The van der Waals surface area contributed by atoms with E-state index in [2.05, 4.69) is 0 Å². The number of carboxylic acids is 2. The van der Waals surface area contributed by atoms with Gasteiger partial charge in [-0.15, -0.1) is 17.0 Å². The van der Waals surface area contributed by atoms with Crippen molar-refractivity contribution in [1.82, 2.24) is 4.90 Å². The number of halogens is 2. The molecule has 1 aliphatic heterocycles. The highest BCUT2D eigenvalue weighted by atomic mass is 79.9. The molecule has 3 N–H and O–H groups in total. The maximum atomic E-state index is 15.5. The van der Waals surface area contributed by atoms with Crippen LogP contribution < -0.4 is 18.9 Å². The average molecular weight is 698 g/mol. The van der Waals surface area contributed by atoms with E-state index in [4.69, 9.17) is 34.6 Å². The number of amidine groups is 1. The van der Waals surface area contributed by atoms with Gasteiger partial charge >= 0.3 is 11.9 Å². The molecule has 0 amide bonds. The fourth-order valence-corrected chi connectivity index (χ4v) is 4.80. The van der Waals surface area contributed by atoms with Crippen molar-refractivity contribution in [2.24, 2.45) is 0 Å². The molecule has 1 heterocycles. The van der Waals surface area contributed by atoms with Crippen LogP contribution in [-0.2, 0) is 21.5 Å². The Morgan fingerprint density at radius 3 is 2.02 bits per heavy atom. The minimum absolute atomic E-state index is 0. The van der Waals surface area contributed by atoms with Gasteiger partial charge in [0.1, 0.15) is 5.84 Å². The highest BCUT2D eigenvalue weighted by Crippen LogP contribution is 2.42. The number of carbonyl (C=O) groups is 3. The summed E-state index contributed by atoms with van der Waals surface area (Å²) < 4.78 is 38.5. The molecule has 1 aliphatic rings. The van der Waals surface area contributed by atoms with Crippen LogP contribution in [0.1, 0.15) is 87.4 Å². The number of ketones is 1. The standard InChI is InChI=1S/C32H41FN2O9.BrH/c1-6-41-24-16-20-17-35(31(34)27(20)28(33)30(24)42-7-2)18-22(36)19-14-21(32(3,4)5)29(44-13-9-11-26(39)40)23(15-19)43-12-8-10-25(37)38;/h14-16,34H,6-13,17-18H2,1-5H3,(H,37,38)(H,39,40);1H. The van der Waals surface area contributed by atoms with Crippen LogP contribution in [0.2, 0.25) is 0 Å². The van der Waals surface area contributed by atoms with Gasteiger partial charge in [-0.1, -0.05) is 20.8 Å². The molecule has 248 valence electrons. The highest BCUT2D eigenvalue weighted by Gasteiger charge is 2.34. The Kier molecular flexibility index (Phi) is 13.6. The molecule has 0 spiro atoms. The molecule has 0 saturated carbocycles. The third-order valence-corrected chi connectivity index (χ3v) is 6.87. The Morgan fingerprint density at radius 2 is 1.47 bits per heavy atom. The van der Waals surface area contributed by atoms with Crippen molar-refractivity contribution in [3.8, 4) is 23.0 Å². The van der Waals surface area contributed by atoms with Crippen LogP contribution in [0.15, 0.2) is 18.2 Å². The zero-order chi connectivity index (χ0) is 32.6. The van der Waals surface area contributed by atoms with Crippen molar-refractivity contribution >= 4 is 40.5 Å². The Balaban J connectivity index is 0.00000705. The molecule has 0 atom stereocenters. The first kappa shape index (κ1) is 37.3. The van der Waals surface area contributed by atoms with Gasteiger partial charge in [0.15, 0.2) is 34.6 Å². The smallest absolute Gasteiger partial charge is 0.303 e. The molecule has 0 aliphatic carbocycles. The molecule has 13 heteroatoms. The number of rotatable bonds is 17. The SMILES string of the molecule is Br.CCOc1cc2c(c(F)c1OCC)C(=N)N(CC(=O)c1cc(OCCCC(=O)O)c(OCCCC(=O)O)c(C(C)(C)C)c1)C2. The largest absolute Gasteiger partial charge is 0.490 e. The number of ether oxygens (including phenoxy) is 4. The predicted molar refractivity (Wildman–Crippen MR) is 171 cm³/mol. The summed E-state index contributed by atoms with van der Waals surface area (Å²) in [5, 5.41) is 26.7. The number of hydrogen-bond donors (Lipinski definition) is 3. The van der Waals surface area contributed by atoms with Gasteiger partial charge in [-0.05, 0) is 55.9 Å². The molecule has 3 rings (SSSR count). The number of nitrogens with zero attached hydrogens (tertiary/aromatic N) is 1. The van der Waals surface area contributed by atoms with Crippen molar-refractivity contribution in [2.75, 3.05) is 33.0 Å². The number of Topliss-reactive ketones (excluding diaryl/α,β-unsaturated/α-hetero) is 1. The highest BCUT2D eigenvalue weighted by molar-refractivity contribution is 8.93. The van der Waals surface area contributed by atoms with E-state index >= 15 is 4.39 Å².